The lowest BCUT2D eigenvalue weighted by atomic mass is 10.0. The predicted molar refractivity (Wildman–Crippen MR) is 40.9 cm³/mol. The van der Waals surface area contributed by atoms with Crippen molar-refractivity contribution in [2.45, 2.75) is 26.7 Å². The first kappa shape index (κ1) is 8.63. The Labute approximate surface area is 57.0 Å². The fourth-order valence-electron chi connectivity index (χ4n) is 0.773. The number of nitrogens with two attached hydrogens (primary N) is 1. The third kappa shape index (κ3) is 3.25. The first-order valence-corrected chi connectivity index (χ1v) is 3.49. The zero-order valence-corrected chi connectivity index (χ0v) is 6.28. The van der Waals surface area contributed by atoms with Crippen LogP contribution in [0.5, 0.6) is 0 Å². The Bertz CT molecular complexity index is 88.9. The molecule has 1 unspecified atom stereocenters. The number of rotatable bonds is 4. The van der Waals surface area contributed by atoms with Crippen molar-refractivity contribution in [3.63, 3.8) is 0 Å². The predicted octanol–water partition coefficient (Wildman–Crippen LogP) is 1.40. The van der Waals surface area contributed by atoms with Crippen LogP contribution in [-0.2, 0) is 0 Å². The molecule has 0 saturated heterocycles. The third-order valence-corrected chi connectivity index (χ3v) is 1.58. The Morgan fingerprint density at radius 1 is 1.67 bits per heavy atom. The van der Waals surface area contributed by atoms with E-state index in [0.717, 1.165) is 18.6 Å². The maximum Gasteiger partial charge on any atom is 0.0115 e. The zero-order valence-electron chi connectivity index (χ0n) is 6.28. The summed E-state index contributed by atoms with van der Waals surface area (Å²) in [6.07, 6.45) is 1.81. The van der Waals surface area contributed by atoms with Gasteiger partial charge in [-0.1, -0.05) is 13.8 Å². The van der Waals surface area contributed by atoms with Gasteiger partial charge in [0.1, 0.15) is 0 Å². The van der Waals surface area contributed by atoms with E-state index in [1.807, 2.05) is 6.92 Å². The van der Waals surface area contributed by atoms with Crippen LogP contribution in [0.2, 0.25) is 0 Å². The molecule has 2 nitrogen and oxygen atoms in total. The van der Waals surface area contributed by atoms with Gasteiger partial charge in [0.15, 0.2) is 0 Å². The maximum absolute atomic E-state index is 7.39. The van der Waals surface area contributed by atoms with Crippen molar-refractivity contribution in [1.82, 2.24) is 0 Å². The van der Waals surface area contributed by atoms with E-state index in [1.165, 1.54) is 0 Å². The van der Waals surface area contributed by atoms with Crippen molar-refractivity contribution in [2.75, 3.05) is 6.54 Å². The highest BCUT2D eigenvalue weighted by molar-refractivity contribution is 5.83. The standard InChI is InChI=1S/C7H16N2/c1-3-7(9)6(2)4-5-8/h6,9H,3-5,8H2,1-2H3. The Morgan fingerprint density at radius 3 is 2.56 bits per heavy atom. The molecule has 0 amide bonds. The van der Waals surface area contributed by atoms with Gasteiger partial charge in [0.2, 0.25) is 0 Å². The van der Waals surface area contributed by atoms with E-state index in [-0.39, 0.29) is 0 Å². The van der Waals surface area contributed by atoms with Crippen molar-refractivity contribution < 1.29 is 0 Å². The minimum atomic E-state index is 0.389. The monoisotopic (exact) mass is 128 g/mol. The highest BCUT2D eigenvalue weighted by Gasteiger charge is 2.03. The molecule has 0 fully saturated rings. The van der Waals surface area contributed by atoms with E-state index in [2.05, 4.69) is 6.92 Å². The van der Waals surface area contributed by atoms with Crippen molar-refractivity contribution in [2.24, 2.45) is 11.7 Å². The SMILES string of the molecule is CCC(=N)C(C)CCN. The third-order valence-electron chi connectivity index (χ3n) is 1.58. The summed E-state index contributed by atoms with van der Waals surface area (Å²) in [5.41, 5.74) is 6.15. The van der Waals surface area contributed by atoms with Gasteiger partial charge in [-0.3, -0.25) is 0 Å². The molecule has 0 heterocycles. The van der Waals surface area contributed by atoms with Crippen molar-refractivity contribution >= 4 is 5.71 Å². The van der Waals surface area contributed by atoms with Crippen LogP contribution in [0.15, 0.2) is 0 Å². The van der Waals surface area contributed by atoms with Gasteiger partial charge in [0, 0.05) is 5.71 Å². The lowest BCUT2D eigenvalue weighted by Gasteiger charge is -2.08. The Kier molecular flexibility index (Phi) is 4.32. The van der Waals surface area contributed by atoms with Gasteiger partial charge >= 0.3 is 0 Å². The summed E-state index contributed by atoms with van der Waals surface area (Å²) >= 11 is 0. The quantitative estimate of drug-likeness (QED) is 0.552. The summed E-state index contributed by atoms with van der Waals surface area (Å²) in [6.45, 7) is 4.76. The first-order valence-electron chi connectivity index (χ1n) is 3.49. The second-order valence-electron chi connectivity index (χ2n) is 2.36. The van der Waals surface area contributed by atoms with Crippen LogP contribution < -0.4 is 5.73 Å². The maximum atomic E-state index is 7.39. The minimum Gasteiger partial charge on any atom is -0.330 e. The number of nitrogens with one attached hydrogen (secondary N) is 1. The van der Waals surface area contributed by atoms with Gasteiger partial charge < -0.3 is 11.1 Å². The molecular weight excluding hydrogens is 112 g/mol. The van der Waals surface area contributed by atoms with E-state index in [0.29, 0.717) is 12.5 Å². The van der Waals surface area contributed by atoms with E-state index in [4.69, 9.17) is 11.1 Å². The normalized spacial score (nSPS) is 13.2. The summed E-state index contributed by atoms with van der Waals surface area (Å²) < 4.78 is 0. The highest BCUT2D eigenvalue weighted by Crippen LogP contribution is 2.03. The molecule has 0 radical (unpaired) electrons. The summed E-state index contributed by atoms with van der Waals surface area (Å²) in [6, 6.07) is 0. The fourth-order valence-corrected chi connectivity index (χ4v) is 0.773. The fraction of sp³-hybridized carbons (Fsp3) is 0.857. The second-order valence-corrected chi connectivity index (χ2v) is 2.36. The van der Waals surface area contributed by atoms with Crippen LogP contribution in [0.4, 0.5) is 0 Å². The van der Waals surface area contributed by atoms with Gasteiger partial charge in [-0.15, -0.1) is 0 Å². The molecule has 2 heteroatoms. The average Bonchev–Trinajstić information content (AvgIpc) is 1.87. The molecule has 0 bridgehead atoms. The average molecular weight is 128 g/mol. The molecular formula is C7H16N2. The zero-order chi connectivity index (χ0) is 7.28. The lowest BCUT2D eigenvalue weighted by molar-refractivity contribution is 0.679. The van der Waals surface area contributed by atoms with Crippen LogP contribution in [0.3, 0.4) is 0 Å². The van der Waals surface area contributed by atoms with E-state index >= 15 is 0 Å². The Balaban J connectivity index is 3.45. The smallest absolute Gasteiger partial charge is 0.0115 e. The summed E-state index contributed by atoms with van der Waals surface area (Å²) in [7, 11) is 0. The Morgan fingerprint density at radius 2 is 2.22 bits per heavy atom. The lowest BCUT2D eigenvalue weighted by Crippen LogP contribution is -2.13. The summed E-state index contributed by atoms with van der Waals surface area (Å²) in [5.74, 6) is 0.389. The highest BCUT2D eigenvalue weighted by atomic mass is 14.5. The van der Waals surface area contributed by atoms with E-state index < -0.39 is 0 Å². The van der Waals surface area contributed by atoms with Crippen molar-refractivity contribution in [1.29, 1.82) is 5.41 Å². The molecule has 0 saturated carbocycles. The molecule has 3 N–H and O–H groups in total. The molecule has 0 spiro atoms. The molecule has 0 aliphatic carbocycles. The largest absolute Gasteiger partial charge is 0.330 e. The molecule has 9 heavy (non-hydrogen) atoms. The van der Waals surface area contributed by atoms with E-state index in [1.54, 1.807) is 0 Å². The van der Waals surface area contributed by atoms with Crippen LogP contribution >= 0.6 is 0 Å². The molecule has 0 aromatic carbocycles. The van der Waals surface area contributed by atoms with Gasteiger partial charge in [-0.25, -0.2) is 0 Å². The van der Waals surface area contributed by atoms with Crippen LogP contribution in [0, 0.1) is 11.3 Å². The summed E-state index contributed by atoms with van der Waals surface area (Å²) in [5, 5.41) is 7.39. The molecule has 0 rings (SSSR count). The Hall–Kier alpha value is -0.370. The van der Waals surface area contributed by atoms with Gasteiger partial charge in [-0.05, 0) is 25.3 Å². The summed E-state index contributed by atoms with van der Waals surface area (Å²) in [4.78, 5) is 0. The number of hydrogen-bond donors (Lipinski definition) is 2. The van der Waals surface area contributed by atoms with E-state index in [9.17, 15) is 0 Å². The number of hydrogen-bond acceptors (Lipinski definition) is 2. The van der Waals surface area contributed by atoms with Gasteiger partial charge in [-0.2, -0.15) is 0 Å². The topological polar surface area (TPSA) is 49.9 Å². The molecule has 0 aliphatic heterocycles. The van der Waals surface area contributed by atoms with Crippen LogP contribution in [-0.4, -0.2) is 12.3 Å². The van der Waals surface area contributed by atoms with Gasteiger partial charge in [0.25, 0.3) is 0 Å². The van der Waals surface area contributed by atoms with Crippen LogP contribution in [0.1, 0.15) is 26.7 Å². The van der Waals surface area contributed by atoms with Gasteiger partial charge in [0.05, 0.1) is 0 Å². The van der Waals surface area contributed by atoms with Crippen molar-refractivity contribution in [3.05, 3.63) is 0 Å². The molecule has 0 aliphatic rings. The first-order chi connectivity index (χ1) is 4.22. The van der Waals surface area contributed by atoms with Crippen molar-refractivity contribution in [3.8, 4) is 0 Å². The molecule has 0 aromatic heterocycles. The molecule has 0 aromatic rings. The van der Waals surface area contributed by atoms with Crippen LogP contribution in [0.25, 0.3) is 0 Å². The molecule has 1 atom stereocenters. The minimum absolute atomic E-state index is 0.389. The molecule has 54 valence electrons. The second kappa shape index (κ2) is 4.50.